The molecule has 4 heteroatoms. The molecule has 1 aromatic rings. The molecule has 0 saturated heterocycles. The number of hydrogen-bond acceptors (Lipinski definition) is 4. The quantitative estimate of drug-likeness (QED) is 0.707. The highest BCUT2D eigenvalue weighted by molar-refractivity contribution is 5.60. The molecule has 0 aromatic heterocycles. The predicted molar refractivity (Wildman–Crippen MR) is 69.4 cm³/mol. The van der Waals surface area contributed by atoms with Crippen molar-refractivity contribution >= 4 is 5.69 Å². The van der Waals surface area contributed by atoms with Crippen LogP contribution in [0, 0.1) is 11.3 Å². The molecule has 0 aliphatic carbocycles. The van der Waals surface area contributed by atoms with E-state index in [9.17, 15) is 0 Å². The molecule has 0 saturated carbocycles. The molecular formula is C13H19N3O. The highest BCUT2D eigenvalue weighted by Crippen LogP contribution is 2.21. The van der Waals surface area contributed by atoms with Gasteiger partial charge >= 0.3 is 0 Å². The van der Waals surface area contributed by atoms with Crippen LogP contribution in [0.5, 0.6) is 5.75 Å². The summed E-state index contributed by atoms with van der Waals surface area (Å²) in [6.45, 7) is 4.90. The number of hydrogen-bond donors (Lipinski definition) is 2. The van der Waals surface area contributed by atoms with Crippen molar-refractivity contribution in [1.82, 2.24) is 5.32 Å². The fourth-order valence-corrected chi connectivity index (χ4v) is 1.51. The minimum Gasteiger partial charge on any atom is -0.497 e. The Morgan fingerprint density at radius 2 is 2.18 bits per heavy atom. The van der Waals surface area contributed by atoms with Gasteiger partial charge in [0.2, 0.25) is 0 Å². The molecule has 4 nitrogen and oxygen atoms in total. The molecule has 2 N–H and O–H groups in total. The highest BCUT2D eigenvalue weighted by atomic mass is 16.5. The summed E-state index contributed by atoms with van der Waals surface area (Å²) in [5, 5.41) is 15.5. The molecule has 0 fully saturated rings. The second kappa shape index (κ2) is 7.53. The summed E-state index contributed by atoms with van der Waals surface area (Å²) < 4.78 is 5.14. The molecule has 0 heterocycles. The molecule has 17 heavy (non-hydrogen) atoms. The Hall–Kier alpha value is -1.73. The summed E-state index contributed by atoms with van der Waals surface area (Å²) in [4.78, 5) is 0. The van der Waals surface area contributed by atoms with E-state index in [0.29, 0.717) is 5.56 Å². The lowest BCUT2D eigenvalue weighted by atomic mass is 10.2. The Kier molecular flexibility index (Phi) is 5.91. The number of anilines is 1. The Morgan fingerprint density at radius 3 is 2.82 bits per heavy atom. The minimum absolute atomic E-state index is 0.647. The molecule has 0 spiro atoms. The molecule has 0 atom stereocenters. The van der Waals surface area contributed by atoms with Gasteiger partial charge in [-0.05, 0) is 31.6 Å². The van der Waals surface area contributed by atoms with Gasteiger partial charge in [-0.15, -0.1) is 0 Å². The number of benzene rings is 1. The van der Waals surface area contributed by atoms with Gasteiger partial charge in [0, 0.05) is 12.6 Å². The number of rotatable bonds is 7. The fraction of sp³-hybridized carbons (Fsp3) is 0.462. The van der Waals surface area contributed by atoms with Crippen molar-refractivity contribution in [2.75, 3.05) is 32.1 Å². The normalized spacial score (nSPS) is 9.71. The number of nitriles is 1. The van der Waals surface area contributed by atoms with Crippen LogP contribution in [-0.2, 0) is 0 Å². The average Bonchev–Trinajstić information content (AvgIpc) is 2.38. The lowest BCUT2D eigenvalue weighted by molar-refractivity contribution is 0.415. The van der Waals surface area contributed by atoms with Gasteiger partial charge in [-0.25, -0.2) is 0 Å². The third-order valence-corrected chi connectivity index (χ3v) is 2.44. The van der Waals surface area contributed by atoms with Crippen molar-refractivity contribution in [3.63, 3.8) is 0 Å². The van der Waals surface area contributed by atoms with E-state index in [1.807, 2.05) is 6.07 Å². The average molecular weight is 233 g/mol. The molecule has 0 aliphatic rings. The highest BCUT2D eigenvalue weighted by Gasteiger charge is 2.02. The summed E-state index contributed by atoms with van der Waals surface area (Å²) in [6.07, 6.45) is 1.02. The number of nitrogens with zero attached hydrogens (tertiary/aromatic N) is 1. The predicted octanol–water partition coefficient (Wildman–Crippen LogP) is 1.98. The standard InChI is InChI=1S/C13H19N3O/c1-3-15-7-4-8-16-13-9-12(17-2)6-5-11(13)10-14/h5-6,9,15-16H,3-4,7-8H2,1-2H3. The minimum atomic E-state index is 0.647. The molecule has 92 valence electrons. The third kappa shape index (κ3) is 4.33. The molecule has 1 aromatic carbocycles. The first-order valence-corrected chi connectivity index (χ1v) is 5.84. The zero-order chi connectivity index (χ0) is 12.5. The largest absolute Gasteiger partial charge is 0.497 e. The summed E-state index contributed by atoms with van der Waals surface area (Å²) in [5.41, 5.74) is 1.48. The van der Waals surface area contributed by atoms with Gasteiger partial charge < -0.3 is 15.4 Å². The van der Waals surface area contributed by atoms with Crippen molar-refractivity contribution in [3.8, 4) is 11.8 Å². The lowest BCUT2D eigenvalue weighted by Crippen LogP contribution is -2.17. The van der Waals surface area contributed by atoms with Gasteiger partial charge in [0.25, 0.3) is 0 Å². The van der Waals surface area contributed by atoms with Gasteiger partial charge in [0.05, 0.1) is 18.4 Å². The van der Waals surface area contributed by atoms with Crippen LogP contribution in [0.15, 0.2) is 18.2 Å². The maximum atomic E-state index is 8.98. The first-order valence-electron chi connectivity index (χ1n) is 5.84. The van der Waals surface area contributed by atoms with E-state index in [4.69, 9.17) is 10.00 Å². The molecule has 0 radical (unpaired) electrons. The summed E-state index contributed by atoms with van der Waals surface area (Å²) in [5.74, 6) is 0.762. The van der Waals surface area contributed by atoms with Crippen molar-refractivity contribution < 1.29 is 4.74 Å². The van der Waals surface area contributed by atoms with Crippen LogP contribution in [0.4, 0.5) is 5.69 Å². The maximum Gasteiger partial charge on any atom is 0.121 e. The number of methoxy groups -OCH3 is 1. The van der Waals surface area contributed by atoms with Gasteiger partial charge in [0.1, 0.15) is 11.8 Å². The van der Waals surface area contributed by atoms with Gasteiger partial charge in [-0.2, -0.15) is 5.26 Å². The fourth-order valence-electron chi connectivity index (χ4n) is 1.51. The molecular weight excluding hydrogens is 214 g/mol. The Morgan fingerprint density at radius 1 is 1.35 bits per heavy atom. The number of nitrogens with one attached hydrogen (secondary N) is 2. The molecule has 0 aliphatic heterocycles. The summed E-state index contributed by atoms with van der Waals surface area (Å²) in [7, 11) is 1.62. The van der Waals surface area contributed by atoms with Crippen molar-refractivity contribution in [2.45, 2.75) is 13.3 Å². The van der Waals surface area contributed by atoms with E-state index in [0.717, 1.165) is 37.5 Å². The van der Waals surface area contributed by atoms with E-state index >= 15 is 0 Å². The Labute approximate surface area is 103 Å². The smallest absolute Gasteiger partial charge is 0.121 e. The Bertz CT molecular complexity index is 385. The third-order valence-electron chi connectivity index (χ3n) is 2.44. The van der Waals surface area contributed by atoms with Crippen LogP contribution in [0.3, 0.4) is 0 Å². The van der Waals surface area contributed by atoms with E-state index in [1.165, 1.54) is 0 Å². The van der Waals surface area contributed by atoms with Crippen LogP contribution in [0.2, 0.25) is 0 Å². The van der Waals surface area contributed by atoms with Gasteiger partial charge in [0.15, 0.2) is 0 Å². The number of ether oxygens (including phenoxy) is 1. The SMILES string of the molecule is CCNCCCNc1cc(OC)ccc1C#N. The zero-order valence-corrected chi connectivity index (χ0v) is 10.4. The monoisotopic (exact) mass is 233 g/mol. The molecule has 1 rings (SSSR count). The molecule has 0 unspecified atom stereocenters. The lowest BCUT2D eigenvalue weighted by Gasteiger charge is -2.10. The first kappa shape index (κ1) is 13.3. The molecule has 0 bridgehead atoms. The van der Waals surface area contributed by atoms with Crippen molar-refractivity contribution in [3.05, 3.63) is 23.8 Å². The van der Waals surface area contributed by atoms with Crippen LogP contribution >= 0.6 is 0 Å². The van der Waals surface area contributed by atoms with Crippen LogP contribution < -0.4 is 15.4 Å². The van der Waals surface area contributed by atoms with E-state index < -0.39 is 0 Å². The topological polar surface area (TPSA) is 57.1 Å². The van der Waals surface area contributed by atoms with E-state index in [2.05, 4.69) is 23.6 Å². The summed E-state index contributed by atoms with van der Waals surface area (Å²) in [6, 6.07) is 7.58. The van der Waals surface area contributed by atoms with Crippen molar-refractivity contribution in [1.29, 1.82) is 5.26 Å². The van der Waals surface area contributed by atoms with Crippen LogP contribution in [0.1, 0.15) is 18.9 Å². The van der Waals surface area contributed by atoms with Gasteiger partial charge in [-0.3, -0.25) is 0 Å². The van der Waals surface area contributed by atoms with E-state index in [1.54, 1.807) is 19.2 Å². The second-order valence-electron chi connectivity index (χ2n) is 3.66. The van der Waals surface area contributed by atoms with Gasteiger partial charge in [-0.1, -0.05) is 6.92 Å². The first-order chi connectivity index (χ1) is 8.31. The van der Waals surface area contributed by atoms with Crippen LogP contribution in [-0.4, -0.2) is 26.7 Å². The maximum absolute atomic E-state index is 8.98. The molecule has 0 amide bonds. The summed E-state index contributed by atoms with van der Waals surface area (Å²) >= 11 is 0. The second-order valence-corrected chi connectivity index (χ2v) is 3.66. The van der Waals surface area contributed by atoms with E-state index in [-0.39, 0.29) is 0 Å². The Balaban J connectivity index is 2.53. The van der Waals surface area contributed by atoms with Crippen LogP contribution in [0.25, 0.3) is 0 Å². The van der Waals surface area contributed by atoms with Crippen molar-refractivity contribution in [2.24, 2.45) is 0 Å². The zero-order valence-electron chi connectivity index (χ0n) is 10.4.